The first kappa shape index (κ1) is 12.5. The summed E-state index contributed by atoms with van der Waals surface area (Å²) in [5, 5.41) is 3.51. The lowest BCUT2D eigenvalue weighted by Gasteiger charge is -2.06. The monoisotopic (exact) mass is 335 g/mol. The molecule has 0 fully saturated rings. The fourth-order valence-corrected chi connectivity index (χ4v) is 1.81. The molecule has 0 aliphatic heterocycles. The number of hydrogen-bond donors (Lipinski definition) is 1. The molecule has 0 aliphatic carbocycles. The number of methoxy groups -OCH3 is 1. The second kappa shape index (κ2) is 6.12. The van der Waals surface area contributed by atoms with E-state index in [0.717, 1.165) is 9.80 Å². The number of hydrogen-bond acceptors (Lipinski definition) is 2. The van der Waals surface area contributed by atoms with Gasteiger partial charge in [0.25, 0.3) is 5.91 Å². The first-order valence-corrected chi connectivity index (χ1v) is 6.28. The Bertz CT molecular complexity index is 355. The molecule has 0 atom stereocenters. The molecule has 1 aromatic carbocycles. The van der Waals surface area contributed by atoms with Crippen LogP contribution in [0.3, 0.4) is 0 Å². The summed E-state index contributed by atoms with van der Waals surface area (Å²) in [4.78, 5) is 11.6. The predicted molar refractivity (Wildman–Crippen MR) is 66.8 cm³/mol. The molecule has 0 saturated carbocycles. The summed E-state index contributed by atoms with van der Waals surface area (Å²) < 4.78 is 5.85. The Morgan fingerprint density at radius 3 is 2.80 bits per heavy atom. The van der Waals surface area contributed by atoms with Crippen LogP contribution in [0.1, 0.15) is 10.4 Å². The van der Waals surface area contributed by atoms with E-state index in [2.05, 4.69) is 37.2 Å². The van der Waals surface area contributed by atoms with Crippen LogP contribution >= 0.6 is 31.9 Å². The zero-order chi connectivity index (χ0) is 11.3. The molecule has 0 spiro atoms. The van der Waals surface area contributed by atoms with Crippen molar-refractivity contribution >= 4 is 37.8 Å². The smallest absolute Gasteiger partial charge is 0.251 e. The van der Waals surface area contributed by atoms with E-state index >= 15 is 0 Å². The van der Waals surface area contributed by atoms with E-state index in [1.54, 1.807) is 25.3 Å². The Hall–Kier alpha value is -0.550. The summed E-state index contributed by atoms with van der Waals surface area (Å²) in [7, 11) is 1.59. The number of halogens is 2. The van der Waals surface area contributed by atoms with Crippen LogP contribution in [0.2, 0.25) is 0 Å². The molecule has 1 aromatic rings. The van der Waals surface area contributed by atoms with E-state index in [-0.39, 0.29) is 5.91 Å². The minimum atomic E-state index is -0.0854. The minimum Gasteiger partial charge on any atom is -0.496 e. The lowest BCUT2D eigenvalue weighted by molar-refractivity contribution is 0.0956. The van der Waals surface area contributed by atoms with Gasteiger partial charge >= 0.3 is 0 Å². The van der Waals surface area contributed by atoms with E-state index in [1.807, 2.05) is 0 Å². The summed E-state index contributed by atoms with van der Waals surface area (Å²) in [6.07, 6.45) is 0. The van der Waals surface area contributed by atoms with Crippen molar-refractivity contribution in [3.05, 3.63) is 28.2 Å². The summed E-state index contributed by atoms with van der Waals surface area (Å²) in [6.45, 7) is 0.614. The molecule has 0 bridgehead atoms. The van der Waals surface area contributed by atoms with Crippen molar-refractivity contribution in [2.75, 3.05) is 19.0 Å². The van der Waals surface area contributed by atoms with Gasteiger partial charge in [0.2, 0.25) is 0 Å². The molecule has 1 N–H and O–H groups in total. The van der Waals surface area contributed by atoms with Crippen LogP contribution in [0.5, 0.6) is 5.75 Å². The van der Waals surface area contributed by atoms with Crippen LogP contribution in [-0.4, -0.2) is 24.9 Å². The highest BCUT2D eigenvalue weighted by molar-refractivity contribution is 9.10. The Labute approximate surface area is 105 Å². The Balaban J connectivity index is 2.78. The Kier molecular flexibility index (Phi) is 5.11. The lowest BCUT2D eigenvalue weighted by atomic mass is 10.2. The van der Waals surface area contributed by atoms with Gasteiger partial charge in [0.15, 0.2) is 0 Å². The predicted octanol–water partition coefficient (Wildman–Crippen LogP) is 2.58. The van der Waals surface area contributed by atoms with Gasteiger partial charge in [-0.15, -0.1) is 0 Å². The quantitative estimate of drug-likeness (QED) is 0.858. The zero-order valence-electron chi connectivity index (χ0n) is 8.22. The standard InChI is InChI=1S/C10H11Br2NO2/c1-15-9-3-2-7(6-8(9)12)10(14)13-5-4-11/h2-3,6H,4-5H2,1H3,(H,13,14). The largest absolute Gasteiger partial charge is 0.496 e. The number of amides is 1. The number of alkyl halides is 1. The van der Waals surface area contributed by atoms with Crippen molar-refractivity contribution in [1.29, 1.82) is 0 Å². The highest BCUT2D eigenvalue weighted by atomic mass is 79.9. The van der Waals surface area contributed by atoms with E-state index in [1.165, 1.54) is 0 Å². The third kappa shape index (κ3) is 3.50. The van der Waals surface area contributed by atoms with E-state index in [0.29, 0.717) is 17.9 Å². The highest BCUT2D eigenvalue weighted by Crippen LogP contribution is 2.25. The van der Waals surface area contributed by atoms with E-state index in [9.17, 15) is 4.79 Å². The molecule has 0 radical (unpaired) electrons. The molecule has 1 rings (SSSR count). The van der Waals surface area contributed by atoms with Crippen LogP contribution in [0, 0.1) is 0 Å². The second-order valence-corrected chi connectivity index (χ2v) is 4.44. The maximum atomic E-state index is 11.6. The molecule has 82 valence electrons. The second-order valence-electron chi connectivity index (χ2n) is 2.79. The number of carbonyl (C=O) groups is 1. The van der Waals surface area contributed by atoms with Gasteiger partial charge in [-0.05, 0) is 34.1 Å². The molecular formula is C10H11Br2NO2. The van der Waals surface area contributed by atoms with Crippen LogP contribution in [0.25, 0.3) is 0 Å². The Morgan fingerprint density at radius 1 is 1.53 bits per heavy atom. The normalized spacial score (nSPS) is 9.80. The van der Waals surface area contributed by atoms with Gasteiger partial charge in [0, 0.05) is 17.4 Å². The number of ether oxygens (including phenoxy) is 1. The van der Waals surface area contributed by atoms with E-state index in [4.69, 9.17) is 4.74 Å². The lowest BCUT2D eigenvalue weighted by Crippen LogP contribution is -2.25. The molecule has 0 aliphatic rings. The minimum absolute atomic E-state index is 0.0854. The summed E-state index contributed by atoms with van der Waals surface area (Å²) >= 11 is 6.57. The summed E-state index contributed by atoms with van der Waals surface area (Å²) in [5.74, 6) is 0.629. The number of benzene rings is 1. The van der Waals surface area contributed by atoms with Gasteiger partial charge in [0.05, 0.1) is 11.6 Å². The maximum absolute atomic E-state index is 11.6. The van der Waals surface area contributed by atoms with Crippen molar-refractivity contribution in [1.82, 2.24) is 5.32 Å². The van der Waals surface area contributed by atoms with Gasteiger partial charge in [-0.2, -0.15) is 0 Å². The fourth-order valence-electron chi connectivity index (χ4n) is 1.07. The van der Waals surface area contributed by atoms with Crippen LogP contribution < -0.4 is 10.1 Å². The summed E-state index contributed by atoms with van der Waals surface area (Å²) in [5.41, 5.74) is 0.614. The molecule has 15 heavy (non-hydrogen) atoms. The summed E-state index contributed by atoms with van der Waals surface area (Å²) in [6, 6.07) is 5.22. The van der Waals surface area contributed by atoms with Crippen molar-refractivity contribution in [2.45, 2.75) is 0 Å². The Morgan fingerprint density at radius 2 is 2.27 bits per heavy atom. The maximum Gasteiger partial charge on any atom is 0.251 e. The van der Waals surface area contributed by atoms with Gasteiger partial charge in [-0.25, -0.2) is 0 Å². The van der Waals surface area contributed by atoms with Gasteiger partial charge in [-0.3, -0.25) is 4.79 Å². The molecule has 0 saturated heterocycles. The third-order valence-electron chi connectivity index (χ3n) is 1.79. The van der Waals surface area contributed by atoms with Crippen molar-refractivity contribution in [3.8, 4) is 5.75 Å². The highest BCUT2D eigenvalue weighted by Gasteiger charge is 2.07. The SMILES string of the molecule is COc1ccc(C(=O)NCCBr)cc1Br. The first-order chi connectivity index (χ1) is 7.19. The zero-order valence-corrected chi connectivity index (χ0v) is 11.4. The number of nitrogens with one attached hydrogen (secondary N) is 1. The van der Waals surface area contributed by atoms with Crippen LogP contribution in [-0.2, 0) is 0 Å². The van der Waals surface area contributed by atoms with Crippen molar-refractivity contribution < 1.29 is 9.53 Å². The van der Waals surface area contributed by atoms with E-state index < -0.39 is 0 Å². The van der Waals surface area contributed by atoms with Gasteiger partial charge < -0.3 is 10.1 Å². The number of carbonyl (C=O) groups excluding carboxylic acids is 1. The molecule has 0 aromatic heterocycles. The average molecular weight is 337 g/mol. The van der Waals surface area contributed by atoms with Crippen molar-refractivity contribution in [3.63, 3.8) is 0 Å². The first-order valence-electron chi connectivity index (χ1n) is 4.36. The fraction of sp³-hybridized carbons (Fsp3) is 0.300. The molecule has 1 amide bonds. The van der Waals surface area contributed by atoms with Crippen molar-refractivity contribution in [2.24, 2.45) is 0 Å². The molecule has 3 nitrogen and oxygen atoms in total. The third-order valence-corrected chi connectivity index (χ3v) is 2.81. The van der Waals surface area contributed by atoms with Gasteiger partial charge in [-0.1, -0.05) is 15.9 Å². The topological polar surface area (TPSA) is 38.3 Å². The number of rotatable bonds is 4. The molecular weight excluding hydrogens is 326 g/mol. The molecule has 0 heterocycles. The van der Waals surface area contributed by atoms with Crippen LogP contribution in [0.15, 0.2) is 22.7 Å². The molecule has 5 heteroatoms. The van der Waals surface area contributed by atoms with Crippen LogP contribution in [0.4, 0.5) is 0 Å². The average Bonchev–Trinajstić information content (AvgIpc) is 2.25. The van der Waals surface area contributed by atoms with Gasteiger partial charge in [0.1, 0.15) is 5.75 Å². The molecule has 0 unspecified atom stereocenters.